The maximum atomic E-state index is 12.7. The zero-order chi connectivity index (χ0) is 11.4. The second-order valence-electron chi connectivity index (χ2n) is 3.15. The molecule has 5 heteroatoms. The average molecular weight is 210 g/mol. The zero-order valence-corrected chi connectivity index (χ0v) is 7.94. The van der Waals surface area contributed by atoms with Crippen molar-refractivity contribution in [2.45, 2.75) is 12.5 Å². The third-order valence-corrected chi connectivity index (χ3v) is 1.92. The van der Waals surface area contributed by atoms with Crippen LogP contribution in [-0.2, 0) is 4.79 Å². The summed E-state index contributed by atoms with van der Waals surface area (Å²) in [5.74, 6) is -1.66. The lowest BCUT2D eigenvalue weighted by molar-refractivity contribution is -0.119. The Labute approximate surface area is 86.1 Å². The average Bonchev–Trinajstić information content (AvgIpc) is 2.17. The topological polar surface area (TPSA) is 86.2 Å². The summed E-state index contributed by atoms with van der Waals surface area (Å²) in [5.41, 5.74) is 10.4. The van der Waals surface area contributed by atoms with Crippen LogP contribution in [0.25, 0.3) is 0 Å². The normalized spacial score (nSPS) is 12.1. The van der Waals surface area contributed by atoms with Gasteiger partial charge in [0.05, 0.1) is 6.04 Å². The van der Waals surface area contributed by atoms with Crippen LogP contribution in [0.2, 0.25) is 0 Å². The zero-order valence-electron chi connectivity index (χ0n) is 7.94. The Kier molecular flexibility index (Phi) is 3.51. The first kappa shape index (κ1) is 11.3. The van der Waals surface area contributed by atoms with Crippen molar-refractivity contribution in [3.05, 3.63) is 35.6 Å². The Morgan fingerprint density at radius 3 is 2.60 bits per heavy atom. The van der Waals surface area contributed by atoms with E-state index in [0.29, 0.717) is 0 Å². The molecule has 0 spiro atoms. The number of Topliss-reactive ketones (excluding diaryl/α,β-unsaturated/α-hetero) is 1. The summed E-state index contributed by atoms with van der Waals surface area (Å²) in [5, 5.41) is 0. The van der Waals surface area contributed by atoms with Gasteiger partial charge in [0.25, 0.3) is 0 Å². The molecule has 4 N–H and O–H groups in total. The van der Waals surface area contributed by atoms with Gasteiger partial charge in [0.2, 0.25) is 5.91 Å². The molecule has 1 unspecified atom stereocenters. The van der Waals surface area contributed by atoms with Gasteiger partial charge in [0, 0.05) is 12.0 Å². The Morgan fingerprint density at radius 1 is 1.40 bits per heavy atom. The van der Waals surface area contributed by atoms with E-state index >= 15 is 0 Å². The van der Waals surface area contributed by atoms with E-state index in [-0.39, 0.29) is 12.0 Å². The van der Waals surface area contributed by atoms with Gasteiger partial charge < -0.3 is 11.5 Å². The molecule has 0 aromatic heterocycles. The van der Waals surface area contributed by atoms with Gasteiger partial charge in [0.1, 0.15) is 5.82 Å². The predicted octanol–water partition coefficient (Wildman–Crippen LogP) is 0.211. The van der Waals surface area contributed by atoms with E-state index in [0.717, 1.165) is 6.07 Å². The summed E-state index contributed by atoms with van der Waals surface area (Å²) in [6.07, 6.45) is -0.210. The highest BCUT2D eigenvalue weighted by Gasteiger charge is 2.15. The van der Waals surface area contributed by atoms with Gasteiger partial charge in [-0.1, -0.05) is 12.1 Å². The molecule has 15 heavy (non-hydrogen) atoms. The molecule has 0 radical (unpaired) electrons. The van der Waals surface area contributed by atoms with Gasteiger partial charge >= 0.3 is 0 Å². The van der Waals surface area contributed by atoms with Crippen molar-refractivity contribution in [2.24, 2.45) is 11.5 Å². The Balaban J connectivity index is 2.73. The van der Waals surface area contributed by atoms with Crippen molar-refractivity contribution in [2.75, 3.05) is 0 Å². The number of hydrogen-bond donors (Lipinski definition) is 2. The molecule has 0 heterocycles. The molecule has 0 saturated heterocycles. The molecule has 0 aliphatic carbocycles. The van der Waals surface area contributed by atoms with Crippen molar-refractivity contribution in [1.29, 1.82) is 0 Å². The molecular weight excluding hydrogens is 199 g/mol. The number of amides is 1. The maximum absolute atomic E-state index is 12.7. The summed E-state index contributed by atoms with van der Waals surface area (Å²) in [7, 11) is 0. The third-order valence-electron chi connectivity index (χ3n) is 1.92. The summed E-state index contributed by atoms with van der Waals surface area (Å²) < 4.78 is 12.7. The quantitative estimate of drug-likeness (QED) is 0.696. The van der Waals surface area contributed by atoms with E-state index in [1.165, 1.54) is 18.2 Å². The van der Waals surface area contributed by atoms with Gasteiger partial charge in [-0.25, -0.2) is 4.39 Å². The number of primary amides is 1. The fraction of sp³-hybridized carbons (Fsp3) is 0.200. The second kappa shape index (κ2) is 4.65. The van der Waals surface area contributed by atoms with E-state index in [1.54, 1.807) is 0 Å². The SMILES string of the molecule is NC(=O)C(N)CC(=O)c1cccc(F)c1. The number of rotatable bonds is 4. The summed E-state index contributed by atoms with van der Waals surface area (Å²) >= 11 is 0. The van der Waals surface area contributed by atoms with Crippen molar-refractivity contribution in [3.8, 4) is 0 Å². The summed E-state index contributed by atoms with van der Waals surface area (Å²) in [4.78, 5) is 22.1. The minimum atomic E-state index is -1.03. The van der Waals surface area contributed by atoms with Gasteiger partial charge in [-0.05, 0) is 12.1 Å². The molecule has 80 valence electrons. The van der Waals surface area contributed by atoms with Crippen LogP contribution >= 0.6 is 0 Å². The highest BCUT2D eigenvalue weighted by Crippen LogP contribution is 2.07. The van der Waals surface area contributed by atoms with E-state index < -0.39 is 23.5 Å². The van der Waals surface area contributed by atoms with Gasteiger partial charge in [-0.2, -0.15) is 0 Å². The van der Waals surface area contributed by atoms with Crippen LogP contribution in [0, 0.1) is 5.82 Å². The number of hydrogen-bond acceptors (Lipinski definition) is 3. The Hall–Kier alpha value is -1.75. The first-order chi connectivity index (χ1) is 7.00. The summed E-state index contributed by atoms with van der Waals surface area (Å²) in [6.45, 7) is 0. The molecule has 0 aliphatic rings. The lowest BCUT2D eigenvalue weighted by Crippen LogP contribution is -2.38. The van der Waals surface area contributed by atoms with Crippen molar-refractivity contribution < 1.29 is 14.0 Å². The molecule has 1 amide bonds. The van der Waals surface area contributed by atoms with Crippen LogP contribution in [0.5, 0.6) is 0 Å². The molecule has 0 saturated carbocycles. The van der Waals surface area contributed by atoms with Crippen molar-refractivity contribution >= 4 is 11.7 Å². The molecule has 1 rings (SSSR count). The fourth-order valence-electron chi connectivity index (χ4n) is 1.08. The number of nitrogens with two attached hydrogens (primary N) is 2. The first-order valence-electron chi connectivity index (χ1n) is 4.34. The van der Waals surface area contributed by atoms with E-state index in [4.69, 9.17) is 11.5 Å². The second-order valence-corrected chi connectivity index (χ2v) is 3.15. The molecule has 4 nitrogen and oxygen atoms in total. The predicted molar refractivity (Wildman–Crippen MR) is 52.5 cm³/mol. The monoisotopic (exact) mass is 210 g/mol. The minimum absolute atomic E-state index is 0.187. The van der Waals surface area contributed by atoms with E-state index in [9.17, 15) is 14.0 Å². The highest BCUT2D eigenvalue weighted by atomic mass is 19.1. The fourth-order valence-corrected chi connectivity index (χ4v) is 1.08. The first-order valence-corrected chi connectivity index (χ1v) is 4.34. The van der Waals surface area contributed by atoms with Crippen molar-refractivity contribution in [3.63, 3.8) is 0 Å². The number of halogens is 1. The largest absolute Gasteiger partial charge is 0.368 e. The highest BCUT2D eigenvalue weighted by molar-refractivity contribution is 5.99. The lowest BCUT2D eigenvalue weighted by Gasteiger charge is -2.05. The lowest BCUT2D eigenvalue weighted by atomic mass is 10.0. The molecular formula is C10H11FN2O2. The number of carbonyl (C=O) groups is 2. The minimum Gasteiger partial charge on any atom is -0.368 e. The van der Waals surface area contributed by atoms with E-state index in [1.807, 2.05) is 0 Å². The van der Waals surface area contributed by atoms with Crippen LogP contribution < -0.4 is 11.5 Å². The van der Waals surface area contributed by atoms with Crippen molar-refractivity contribution in [1.82, 2.24) is 0 Å². The Bertz CT molecular complexity index is 393. The van der Waals surface area contributed by atoms with Gasteiger partial charge in [-0.15, -0.1) is 0 Å². The maximum Gasteiger partial charge on any atom is 0.234 e. The molecule has 0 fully saturated rings. The van der Waals surface area contributed by atoms with Crippen LogP contribution in [0.1, 0.15) is 16.8 Å². The van der Waals surface area contributed by atoms with Gasteiger partial charge in [-0.3, -0.25) is 9.59 Å². The summed E-state index contributed by atoms with van der Waals surface area (Å²) in [6, 6.07) is 4.17. The molecule has 0 aliphatic heterocycles. The molecule has 1 aromatic rings. The van der Waals surface area contributed by atoms with Crippen LogP contribution in [-0.4, -0.2) is 17.7 Å². The molecule has 0 bridgehead atoms. The number of ketones is 1. The van der Waals surface area contributed by atoms with Crippen LogP contribution in [0.4, 0.5) is 4.39 Å². The van der Waals surface area contributed by atoms with Crippen LogP contribution in [0.15, 0.2) is 24.3 Å². The molecule has 1 aromatic carbocycles. The van der Waals surface area contributed by atoms with Gasteiger partial charge in [0.15, 0.2) is 5.78 Å². The van der Waals surface area contributed by atoms with E-state index in [2.05, 4.69) is 0 Å². The number of benzene rings is 1. The molecule has 1 atom stereocenters. The Morgan fingerprint density at radius 2 is 2.07 bits per heavy atom. The smallest absolute Gasteiger partial charge is 0.234 e. The third kappa shape index (κ3) is 3.14. The number of carbonyl (C=O) groups excluding carboxylic acids is 2. The standard InChI is InChI=1S/C10H11FN2O2/c11-7-3-1-2-6(4-7)9(14)5-8(12)10(13)15/h1-4,8H,5,12H2,(H2,13,15). The van der Waals surface area contributed by atoms with Crippen LogP contribution in [0.3, 0.4) is 0 Å².